The first kappa shape index (κ1) is 18.7. The zero-order chi connectivity index (χ0) is 14.2. The first-order valence-electron chi connectivity index (χ1n) is 8.96. The van der Waals surface area contributed by atoms with Crippen LogP contribution in [-0.2, 0) is 0 Å². The number of hydrogen-bond donors (Lipinski definition) is 0. The third-order valence-electron chi connectivity index (χ3n) is 3.99. The maximum absolute atomic E-state index is 2.44. The van der Waals surface area contributed by atoms with E-state index in [1.807, 2.05) is 0 Å². The fraction of sp³-hybridized carbons (Fsp3) is 0.895. The molecule has 0 rings (SSSR count). The predicted octanol–water partition coefficient (Wildman–Crippen LogP) is 7.29. The summed E-state index contributed by atoms with van der Waals surface area (Å²) in [7, 11) is 0. The molecule has 0 aromatic carbocycles. The Morgan fingerprint density at radius 3 is 1.89 bits per heavy atom. The van der Waals surface area contributed by atoms with Crippen molar-refractivity contribution >= 4 is 0 Å². The molecule has 0 nitrogen and oxygen atoms in total. The molecular weight excluding hydrogens is 228 g/mol. The van der Waals surface area contributed by atoms with Crippen LogP contribution in [0.15, 0.2) is 12.2 Å². The molecule has 0 bridgehead atoms. The van der Waals surface area contributed by atoms with Crippen LogP contribution in [0.3, 0.4) is 0 Å². The van der Waals surface area contributed by atoms with Gasteiger partial charge in [-0.05, 0) is 25.2 Å². The minimum atomic E-state index is 0.950. The van der Waals surface area contributed by atoms with Gasteiger partial charge in [0.1, 0.15) is 0 Å². The van der Waals surface area contributed by atoms with E-state index < -0.39 is 0 Å². The molecule has 0 aliphatic carbocycles. The molecule has 0 amide bonds. The summed E-state index contributed by atoms with van der Waals surface area (Å²) < 4.78 is 0. The lowest BCUT2D eigenvalue weighted by molar-refractivity contribution is 0.438. The van der Waals surface area contributed by atoms with Gasteiger partial charge in [-0.15, -0.1) is 0 Å². The van der Waals surface area contributed by atoms with Crippen LogP contribution in [0.25, 0.3) is 0 Å². The van der Waals surface area contributed by atoms with E-state index in [-0.39, 0.29) is 0 Å². The highest BCUT2D eigenvalue weighted by molar-refractivity contribution is 4.80. The molecular formula is C19H38. The second kappa shape index (κ2) is 15.8. The minimum Gasteiger partial charge on any atom is -0.0885 e. The maximum atomic E-state index is 2.44. The molecule has 1 unspecified atom stereocenters. The number of unbranched alkanes of at least 4 members (excludes halogenated alkanes) is 8. The number of allylic oxidation sites excluding steroid dienone is 2. The van der Waals surface area contributed by atoms with Crippen molar-refractivity contribution in [1.29, 1.82) is 0 Å². The van der Waals surface area contributed by atoms with Crippen LogP contribution in [0.2, 0.25) is 0 Å². The Bertz CT molecular complexity index is 180. The molecule has 0 aromatic rings. The van der Waals surface area contributed by atoms with Crippen LogP contribution < -0.4 is 0 Å². The smallest absolute Gasteiger partial charge is 0.0351 e. The van der Waals surface area contributed by atoms with Crippen molar-refractivity contribution in [3.05, 3.63) is 12.2 Å². The van der Waals surface area contributed by atoms with Gasteiger partial charge in [-0.25, -0.2) is 0 Å². The standard InChI is InChI=1S/C19H38/c1-4-6-8-10-12-14-16-18-19(3)17-15-13-11-9-7-5-2/h8,10,19H,4-7,9,11-18H2,1-3H3. The Balaban J connectivity index is 3.18. The van der Waals surface area contributed by atoms with E-state index in [2.05, 4.69) is 32.9 Å². The average molecular weight is 267 g/mol. The topological polar surface area (TPSA) is 0 Å². The summed E-state index contributed by atoms with van der Waals surface area (Å²) >= 11 is 0. The van der Waals surface area contributed by atoms with Crippen molar-refractivity contribution in [3.8, 4) is 0 Å². The molecule has 0 saturated heterocycles. The summed E-state index contributed by atoms with van der Waals surface area (Å²) in [5, 5.41) is 0. The fourth-order valence-corrected chi connectivity index (χ4v) is 2.57. The summed E-state index contributed by atoms with van der Waals surface area (Å²) in [5.41, 5.74) is 0. The second-order valence-electron chi connectivity index (χ2n) is 6.21. The van der Waals surface area contributed by atoms with Crippen molar-refractivity contribution in [2.24, 2.45) is 5.92 Å². The molecule has 0 radical (unpaired) electrons. The predicted molar refractivity (Wildman–Crippen MR) is 89.7 cm³/mol. The van der Waals surface area contributed by atoms with Crippen LogP contribution in [-0.4, -0.2) is 0 Å². The maximum Gasteiger partial charge on any atom is -0.0351 e. The lowest BCUT2D eigenvalue weighted by Gasteiger charge is -2.10. The van der Waals surface area contributed by atoms with E-state index in [9.17, 15) is 0 Å². The van der Waals surface area contributed by atoms with E-state index in [1.165, 1.54) is 83.5 Å². The first-order valence-corrected chi connectivity index (χ1v) is 8.96. The van der Waals surface area contributed by atoms with E-state index in [0.29, 0.717) is 0 Å². The molecule has 0 aliphatic heterocycles. The van der Waals surface area contributed by atoms with Gasteiger partial charge < -0.3 is 0 Å². The summed E-state index contributed by atoms with van der Waals surface area (Å²) in [6, 6.07) is 0. The normalized spacial score (nSPS) is 13.2. The molecule has 0 N–H and O–H groups in total. The second-order valence-corrected chi connectivity index (χ2v) is 6.21. The van der Waals surface area contributed by atoms with Crippen LogP contribution in [0.1, 0.15) is 104 Å². The molecule has 1 atom stereocenters. The Morgan fingerprint density at radius 2 is 1.21 bits per heavy atom. The van der Waals surface area contributed by atoms with Crippen LogP contribution in [0.5, 0.6) is 0 Å². The van der Waals surface area contributed by atoms with Gasteiger partial charge in [0.25, 0.3) is 0 Å². The minimum absolute atomic E-state index is 0.950. The molecule has 0 saturated carbocycles. The molecule has 0 heterocycles. The Hall–Kier alpha value is -0.260. The molecule has 0 spiro atoms. The molecule has 0 fully saturated rings. The van der Waals surface area contributed by atoms with Crippen molar-refractivity contribution < 1.29 is 0 Å². The Morgan fingerprint density at radius 1 is 0.632 bits per heavy atom. The van der Waals surface area contributed by atoms with E-state index in [0.717, 1.165) is 5.92 Å². The van der Waals surface area contributed by atoms with Gasteiger partial charge in [0.15, 0.2) is 0 Å². The highest BCUT2D eigenvalue weighted by Crippen LogP contribution is 2.17. The Labute approximate surface area is 123 Å². The SMILES string of the molecule is CCCC=CCCCCC(C)CCCCCCCC. The van der Waals surface area contributed by atoms with Gasteiger partial charge in [-0.2, -0.15) is 0 Å². The summed E-state index contributed by atoms with van der Waals surface area (Å²) in [5.74, 6) is 0.950. The van der Waals surface area contributed by atoms with Gasteiger partial charge in [-0.3, -0.25) is 0 Å². The molecule has 0 heteroatoms. The van der Waals surface area contributed by atoms with Gasteiger partial charge in [-0.1, -0.05) is 97.1 Å². The van der Waals surface area contributed by atoms with Crippen molar-refractivity contribution in [1.82, 2.24) is 0 Å². The quantitative estimate of drug-likeness (QED) is 0.229. The zero-order valence-corrected chi connectivity index (χ0v) is 13.9. The summed E-state index contributed by atoms with van der Waals surface area (Å²) in [6.07, 6.45) is 22.9. The van der Waals surface area contributed by atoms with Crippen molar-refractivity contribution in [2.75, 3.05) is 0 Å². The molecule has 19 heavy (non-hydrogen) atoms. The highest BCUT2D eigenvalue weighted by atomic mass is 14.1. The van der Waals surface area contributed by atoms with E-state index in [4.69, 9.17) is 0 Å². The fourth-order valence-electron chi connectivity index (χ4n) is 2.57. The average Bonchev–Trinajstić information content (AvgIpc) is 2.41. The number of hydrogen-bond acceptors (Lipinski definition) is 0. The third kappa shape index (κ3) is 15.7. The number of rotatable bonds is 14. The van der Waals surface area contributed by atoms with Gasteiger partial charge in [0.05, 0.1) is 0 Å². The van der Waals surface area contributed by atoms with Gasteiger partial charge >= 0.3 is 0 Å². The first-order chi connectivity index (χ1) is 9.31. The Kier molecular flexibility index (Phi) is 15.6. The summed E-state index contributed by atoms with van der Waals surface area (Å²) in [6.45, 7) is 6.98. The van der Waals surface area contributed by atoms with Gasteiger partial charge in [0, 0.05) is 0 Å². The highest BCUT2D eigenvalue weighted by Gasteiger charge is 2.01. The largest absolute Gasteiger partial charge is 0.0885 e. The van der Waals surface area contributed by atoms with E-state index >= 15 is 0 Å². The van der Waals surface area contributed by atoms with Crippen LogP contribution in [0.4, 0.5) is 0 Å². The lowest BCUT2D eigenvalue weighted by Crippen LogP contribution is -1.95. The third-order valence-corrected chi connectivity index (χ3v) is 3.99. The molecule has 114 valence electrons. The zero-order valence-electron chi connectivity index (χ0n) is 13.9. The molecule has 0 aliphatic rings. The summed E-state index contributed by atoms with van der Waals surface area (Å²) in [4.78, 5) is 0. The van der Waals surface area contributed by atoms with E-state index in [1.54, 1.807) is 0 Å². The lowest BCUT2D eigenvalue weighted by atomic mass is 9.96. The van der Waals surface area contributed by atoms with Crippen LogP contribution >= 0.6 is 0 Å². The van der Waals surface area contributed by atoms with Crippen molar-refractivity contribution in [3.63, 3.8) is 0 Å². The monoisotopic (exact) mass is 266 g/mol. The van der Waals surface area contributed by atoms with Gasteiger partial charge in [0.2, 0.25) is 0 Å². The molecule has 0 aromatic heterocycles. The van der Waals surface area contributed by atoms with Crippen LogP contribution in [0, 0.1) is 5.92 Å². The van der Waals surface area contributed by atoms with Crippen molar-refractivity contribution in [2.45, 2.75) is 104 Å².